The van der Waals surface area contributed by atoms with Crippen LogP contribution in [0.3, 0.4) is 0 Å². The Balaban J connectivity index is 1.98. The Morgan fingerprint density at radius 3 is 2.84 bits per heavy atom. The van der Waals surface area contributed by atoms with Crippen LogP contribution in [-0.4, -0.2) is 25.0 Å². The van der Waals surface area contributed by atoms with Gasteiger partial charge in [0.15, 0.2) is 0 Å². The van der Waals surface area contributed by atoms with E-state index in [2.05, 4.69) is 10.6 Å². The van der Waals surface area contributed by atoms with Crippen LogP contribution in [0.2, 0.25) is 0 Å². The van der Waals surface area contributed by atoms with Crippen molar-refractivity contribution >= 4 is 5.91 Å². The standard InChI is InChI=1S/C13H15F3N2O/c14-13(15,16)10-4-1-3-9(7-10)12(19)18-8-11-5-2-6-17-11/h1,3-4,7,11,17H,2,5-6,8H2,(H,18,19). The Morgan fingerprint density at radius 1 is 1.42 bits per heavy atom. The van der Waals surface area contributed by atoms with Crippen molar-refractivity contribution in [2.45, 2.75) is 25.1 Å². The lowest BCUT2D eigenvalue weighted by Gasteiger charge is -2.12. The van der Waals surface area contributed by atoms with Crippen molar-refractivity contribution in [1.29, 1.82) is 0 Å². The third-order valence-corrected chi connectivity index (χ3v) is 3.12. The van der Waals surface area contributed by atoms with E-state index >= 15 is 0 Å². The van der Waals surface area contributed by atoms with Crippen LogP contribution in [0.5, 0.6) is 0 Å². The van der Waals surface area contributed by atoms with Crippen LogP contribution in [0.15, 0.2) is 24.3 Å². The first-order chi connectivity index (χ1) is 8.97. The van der Waals surface area contributed by atoms with E-state index in [-0.39, 0.29) is 11.6 Å². The Bertz CT molecular complexity index is 453. The van der Waals surface area contributed by atoms with Gasteiger partial charge in [-0.25, -0.2) is 0 Å². The van der Waals surface area contributed by atoms with Gasteiger partial charge in [0.1, 0.15) is 0 Å². The monoisotopic (exact) mass is 272 g/mol. The molecule has 0 bridgehead atoms. The predicted octanol–water partition coefficient (Wildman–Crippen LogP) is 2.19. The molecule has 1 aromatic rings. The van der Waals surface area contributed by atoms with Gasteiger partial charge in [0.25, 0.3) is 5.91 Å². The van der Waals surface area contributed by atoms with Crippen LogP contribution >= 0.6 is 0 Å². The van der Waals surface area contributed by atoms with Crippen LogP contribution in [0, 0.1) is 0 Å². The molecule has 1 unspecified atom stereocenters. The largest absolute Gasteiger partial charge is 0.416 e. The number of amides is 1. The summed E-state index contributed by atoms with van der Waals surface area (Å²) >= 11 is 0. The lowest BCUT2D eigenvalue weighted by Crippen LogP contribution is -2.37. The molecule has 3 nitrogen and oxygen atoms in total. The Labute approximate surface area is 109 Å². The van der Waals surface area contributed by atoms with Crippen LogP contribution < -0.4 is 10.6 Å². The zero-order valence-corrected chi connectivity index (χ0v) is 10.3. The van der Waals surface area contributed by atoms with Gasteiger partial charge >= 0.3 is 6.18 Å². The molecular weight excluding hydrogens is 257 g/mol. The maximum absolute atomic E-state index is 12.5. The van der Waals surface area contributed by atoms with Crippen LogP contribution in [0.4, 0.5) is 13.2 Å². The van der Waals surface area contributed by atoms with E-state index < -0.39 is 17.6 Å². The Kier molecular flexibility index (Phi) is 4.09. The summed E-state index contributed by atoms with van der Waals surface area (Å²) in [7, 11) is 0. The summed E-state index contributed by atoms with van der Waals surface area (Å²) in [5.41, 5.74) is -0.771. The van der Waals surface area contributed by atoms with Gasteiger partial charge in [-0.15, -0.1) is 0 Å². The normalized spacial score (nSPS) is 19.4. The molecule has 0 aliphatic carbocycles. The summed E-state index contributed by atoms with van der Waals surface area (Å²) in [5, 5.41) is 5.86. The average Bonchev–Trinajstić information content (AvgIpc) is 2.88. The van der Waals surface area contributed by atoms with Crippen LogP contribution in [0.25, 0.3) is 0 Å². The number of carbonyl (C=O) groups excluding carboxylic acids is 1. The summed E-state index contributed by atoms with van der Waals surface area (Å²) in [6.07, 6.45) is -2.39. The molecular formula is C13H15F3N2O. The number of hydrogen-bond donors (Lipinski definition) is 2. The highest BCUT2D eigenvalue weighted by molar-refractivity contribution is 5.94. The zero-order valence-electron chi connectivity index (χ0n) is 10.3. The molecule has 0 radical (unpaired) electrons. The zero-order chi connectivity index (χ0) is 13.9. The van der Waals surface area contributed by atoms with Crippen molar-refractivity contribution in [3.8, 4) is 0 Å². The lowest BCUT2D eigenvalue weighted by atomic mass is 10.1. The van der Waals surface area contributed by atoms with Gasteiger partial charge in [-0.3, -0.25) is 4.79 Å². The van der Waals surface area contributed by atoms with E-state index in [1.807, 2.05) is 0 Å². The van der Waals surface area contributed by atoms with Crippen molar-refractivity contribution in [2.75, 3.05) is 13.1 Å². The Hall–Kier alpha value is -1.56. The number of hydrogen-bond acceptors (Lipinski definition) is 2. The number of nitrogens with one attached hydrogen (secondary N) is 2. The van der Waals surface area contributed by atoms with Gasteiger partial charge in [0.2, 0.25) is 0 Å². The molecule has 6 heteroatoms. The fraction of sp³-hybridized carbons (Fsp3) is 0.462. The van der Waals surface area contributed by atoms with Crippen molar-refractivity contribution in [3.05, 3.63) is 35.4 Å². The molecule has 2 rings (SSSR count). The minimum atomic E-state index is -4.43. The van der Waals surface area contributed by atoms with Crippen molar-refractivity contribution in [3.63, 3.8) is 0 Å². The van der Waals surface area contributed by atoms with E-state index in [1.54, 1.807) is 0 Å². The smallest absolute Gasteiger partial charge is 0.350 e. The number of benzene rings is 1. The first-order valence-corrected chi connectivity index (χ1v) is 6.15. The van der Waals surface area contributed by atoms with E-state index in [0.717, 1.165) is 31.5 Å². The van der Waals surface area contributed by atoms with Gasteiger partial charge < -0.3 is 10.6 Å². The minimum Gasteiger partial charge on any atom is -0.350 e. The summed E-state index contributed by atoms with van der Waals surface area (Å²) < 4.78 is 37.6. The van der Waals surface area contributed by atoms with Gasteiger partial charge in [0, 0.05) is 18.2 Å². The predicted molar refractivity (Wildman–Crippen MR) is 64.8 cm³/mol. The van der Waals surface area contributed by atoms with E-state index in [1.165, 1.54) is 12.1 Å². The fourth-order valence-electron chi connectivity index (χ4n) is 2.09. The molecule has 19 heavy (non-hydrogen) atoms. The van der Waals surface area contributed by atoms with Gasteiger partial charge in [-0.05, 0) is 37.6 Å². The molecule has 1 aliphatic rings. The maximum Gasteiger partial charge on any atom is 0.416 e. The summed E-state index contributed by atoms with van der Waals surface area (Å²) in [5.74, 6) is -0.472. The quantitative estimate of drug-likeness (QED) is 0.885. The summed E-state index contributed by atoms with van der Waals surface area (Å²) in [6.45, 7) is 1.36. The third kappa shape index (κ3) is 3.70. The fourth-order valence-corrected chi connectivity index (χ4v) is 2.09. The highest BCUT2D eigenvalue weighted by atomic mass is 19.4. The minimum absolute atomic E-state index is 0.0350. The molecule has 1 fully saturated rings. The number of carbonyl (C=O) groups is 1. The molecule has 0 spiro atoms. The molecule has 1 saturated heterocycles. The molecule has 0 aromatic heterocycles. The number of rotatable bonds is 3. The molecule has 1 amide bonds. The van der Waals surface area contributed by atoms with Crippen molar-refractivity contribution in [1.82, 2.24) is 10.6 Å². The second kappa shape index (κ2) is 5.61. The van der Waals surface area contributed by atoms with Crippen LogP contribution in [-0.2, 0) is 6.18 Å². The molecule has 1 aliphatic heterocycles. The molecule has 0 saturated carbocycles. The molecule has 1 aromatic carbocycles. The first kappa shape index (κ1) is 13.9. The van der Waals surface area contributed by atoms with Gasteiger partial charge in [-0.2, -0.15) is 13.2 Å². The van der Waals surface area contributed by atoms with Gasteiger partial charge in [0.05, 0.1) is 5.56 Å². The van der Waals surface area contributed by atoms with E-state index in [9.17, 15) is 18.0 Å². The second-order valence-electron chi connectivity index (χ2n) is 4.58. The first-order valence-electron chi connectivity index (χ1n) is 6.15. The molecule has 2 N–H and O–H groups in total. The highest BCUT2D eigenvalue weighted by Gasteiger charge is 2.30. The number of halogens is 3. The average molecular weight is 272 g/mol. The van der Waals surface area contributed by atoms with E-state index in [0.29, 0.717) is 6.54 Å². The Morgan fingerprint density at radius 2 is 2.21 bits per heavy atom. The highest BCUT2D eigenvalue weighted by Crippen LogP contribution is 2.29. The number of alkyl halides is 3. The lowest BCUT2D eigenvalue weighted by molar-refractivity contribution is -0.137. The van der Waals surface area contributed by atoms with Gasteiger partial charge in [-0.1, -0.05) is 6.07 Å². The van der Waals surface area contributed by atoms with Crippen molar-refractivity contribution in [2.24, 2.45) is 0 Å². The third-order valence-electron chi connectivity index (χ3n) is 3.12. The molecule has 104 valence electrons. The maximum atomic E-state index is 12.5. The topological polar surface area (TPSA) is 41.1 Å². The van der Waals surface area contributed by atoms with Crippen LogP contribution in [0.1, 0.15) is 28.8 Å². The summed E-state index contributed by atoms with van der Waals surface area (Å²) in [6, 6.07) is 4.67. The van der Waals surface area contributed by atoms with E-state index in [4.69, 9.17) is 0 Å². The van der Waals surface area contributed by atoms with Crippen molar-refractivity contribution < 1.29 is 18.0 Å². The summed E-state index contributed by atoms with van der Waals surface area (Å²) in [4.78, 5) is 11.8. The SMILES string of the molecule is O=C(NCC1CCCN1)c1cccc(C(F)(F)F)c1. The second-order valence-corrected chi connectivity index (χ2v) is 4.58. The molecule has 1 atom stereocenters. The molecule has 1 heterocycles.